The second kappa shape index (κ2) is 8.44. The predicted molar refractivity (Wildman–Crippen MR) is 121 cm³/mol. The Morgan fingerprint density at radius 2 is 1.97 bits per heavy atom. The molecule has 0 saturated carbocycles. The van der Waals surface area contributed by atoms with Gasteiger partial charge in [-0.15, -0.1) is 0 Å². The standard InChI is InChI=1S/C24H23N5/c1-26-16-21(14-25)19-10-11-29-23(17-28-24(29)13-19)20-8-5-9-22(12-20)27-15-18-6-3-2-4-7-18/h2-14,16-17,27H,15,25H2,1H3. The summed E-state index contributed by atoms with van der Waals surface area (Å²) in [5.74, 6) is 0. The van der Waals surface area contributed by atoms with E-state index in [1.54, 1.807) is 19.5 Å². The number of hydrogen-bond acceptors (Lipinski definition) is 4. The number of aromatic nitrogens is 2. The summed E-state index contributed by atoms with van der Waals surface area (Å²) in [6.07, 6.45) is 7.22. The minimum Gasteiger partial charge on any atom is -0.404 e. The van der Waals surface area contributed by atoms with E-state index in [0.717, 1.165) is 40.3 Å². The Hall–Kier alpha value is -3.86. The highest BCUT2D eigenvalue weighted by molar-refractivity contribution is 6.09. The Bertz CT molecular complexity index is 1170. The summed E-state index contributed by atoms with van der Waals surface area (Å²) in [6.45, 7) is 0.786. The monoisotopic (exact) mass is 381 g/mol. The van der Waals surface area contributed by atoms with Gasteiger partial charge in [-0.3, -0.25) is 9.39 Å². The molecule has 0 amide bonds. The van der Waals surface area contributed by atoms with Crippen LogP contribution in [-0.4, -0.2) is 22.6 Å². The van der Waals surface area contributed by atoms with Crippen LogP contribution in [0, 0.1) is 0 Å². The van der Waals surface area contributed by atoms with Crippen LogP contribution in [0.5, 0.6) is 0 Å². The lowest BCUT2D eigenvalue weighted by molar-refractivity contribution is 1.15. The maximum Gasteiger partial charge on any atom is 0.137 e. The number of nitrogens with one attached hydrogen (secondary N) is 1. The fourth-order valence-electron chi connectivity index (χ4n) is 3.32. The maximum absolute atomic E-state index is 5.73. The van der Waals surface area contributed by atoms with Gasteiger partial charge in [-0.05, 0) is 35.4 Å². The highest BCUT2D eigenvalue weighted by atomic mass is 15.0. The van der Waals surface area contributed by atoms with Crippen molar-refractivity contribution >= 4 is 23.1 Å². The molecule has 0 aliphatic heterocycles. The molecule has 2 heterocycles. The lowest BCUT2D eigenvalue weighted by Crippen LogP contribution is -1.99. The van der Waals surface area contributed by atoms with Gasteiger partial charge in [0.2, 0.25) is 0 Å². The first-order valence-electron chi connectivity index (χ1n) is 9.48. The van der Waals surface area contributed by atoms with Crippen LogP contribution in [0.2, 0.25) is 0 Å². The first-order chi connectivity index (χ1) is 14.3. The quantitative estimate of drug-likeness (QED) is 0.479. The number of benzene rings is 2. The van der Waals surface area contributed by atoms with Gasteiger partial charge in [0.15, 0.2) is 0 Å². The van der Waals surface area contributed by atoms with Gasteiger partial charge in [0.05, 0.1) is 11.9 Å². The normalized spacial score (nSPS) is 12.0. The molecule has 0 aliphatic rings. The summed E-state index contributed by atoms with van der Waals surface area (Å²) >= 11 is 0. The van der Waals surface area contributed by atoms with E-state index in [1.165, 1.54) is 5.56 Å². The van der Waals surface area contributed by atoms with Crippen molar-refractivity contribution in [1.82, 2.24) is 9.38 Å². The van der Waals surface area contributed by atoms with Crippen LogP contribution < -0.4 is 11.1 Å². The van der Waals surface area contributed by atoms with E-state index >= 15 is 0 Å². The molecule has 2 aromatic heterocycles. The molecule has 0 fully saturated rings. The average molecular weight is 381 g/mol. The van der Waals surface area contributed by atoms with E-state index in [0.29, 0.717) is 0 Å². The molecule has 0 aliphatic carbocycles. The van der Waals surface area contributed by atoms with Crippen LogP contribution in [-0.2, 0) is 6.54 Å². The zero-order valence-electron chi connectivity index (χ0n) is 16.3. The van der Waals surface area contributed by atoms with Gasteiger partial charge in [0, 0.05) is 49.0 Å². The molecule has 5 heteroatoms. The Kier molecular flexibility index (Phi) is 5.38. The second-order valence-corrected chi connectivity index (χ2v) is 6.72. The van der Waals surface area contributed by atoms with E-state index < -0.39 is 0 Å². The van der Waals surface area contributed by atoms with Crippen LogP contribution in [0.3, 0.4) is 0 Å². The molecule has 144 valence electrons. The number of aliphatic imine (C=N–C) groups is 1. The fourth-order valence-corrected chi connectivity index (χ4v) is 3.32. The molecule has 3 N–H and O–H groups in total. The number of hydrogen-bond donors (Lipinski definition) is 2. The number of rotatable bonds is 6. The molecule has 0 saturated heterocycles. The molecule has 2 aromatic carbocycles. The third kappa shape index (κ3) is 4.04. The van der Waals surface area contributed by atoms with Crippen LogP contribution in [0.25, 0.3) is 22.5 Å². The topological polar surface area (TPSA) is 67.7 Å². The lowest BCUT2D eigenvalue weighted by atomic mass is 10.1. The molecular weight excluding hydrogens is 358 g/mol. The third-order valence-corrected chi connectivity index (χ3v) is 4.79. The number of nitrogens with zero attached hydrogens (tertiary/aromatic N) is 3. The van der Waals surface area contributed by atoms with Crippen LogP contribution >= 0.6 is 0 Å². The minimum atomic E-state index is 0.786. The van der Waals surface area contributed by atoms with Crippen molar-refractivity contribution in [1.29, 1.82) is 0 Å². The van der Waals surface area contributed by atoms with Gasteiger partial charge >= 0.3 is 0 Å². The summed E-state index contributed by atoms with van der Waals surface area (Å²) in [4.78, 5) is 8.64. The number of imidazole rings is 1. The van der Waals surface area contributed by atoms with Crippen molar-refractivity contribution in [3.05, 3.63) is 96.5 Å². The van der Waals surface area contributed by atoms with Crippen molar-refractivity contribution in [2.24, 2.45) is 10.7 Å². The second-order valence-electron chi connectivity index (χ2n) is 6.72. The highest BCUT2D eigenvalue weighted by Crippen LogP contribution is 2.25. The summed E-state index contributed by atoms with van der Waals surface area (Å²) < 4.78 is 2.08. The molecule has 29 heavy (non-hydrogen) atoms. The summed E-state index contributed by atoms with van der Waals surface area (Å²) in [6, 6.07) is 22.8. The van der Waals surface area contributed by atoms with Gasteiger partial charge in [-0.1, -0.05) is 42.5 Å². The van der Waals surface area contributed by atoms with Gasteiger partial charge in [-0.2, -0.15) is 0 Å². The molecule has 0 spiro atoms. The van der Waals surface area contributed by atoms with Crippen molar-refractivity contribution in [3.63, 3.8) is 0 Å². The largest absolute Gasteiger partial charge is 0.404 e. The Labute approximate surface area is 170 Å². The molecule has 4 aromatic rings. The smallest absolute Gasteiger partial charge is 0.137 e. The number of allylic oxidation sites excluding steroid dienone is 1. The van der Waals surface area contributed by atoms with E-state index in [4.69, 9.17) is 5.73 Å². The van der Waals surface area contributed by atoms with E-state index in [1.807, 2.05) is 30.6 Å². The Morgan fingerprint density at radius 3 is 2.76 bits per heavy atom. The summed E-state index contributed by atoms with van der Waals surface area (Å²) in [5, 5.41) is 3.49. The van der Waals surface area contributed by atoms with Crippen molar-refractivity contribution in [3.8, 4) is 11.3 Å². The fraction of sp³-hybridized carbons (Fsp3) is 0.0833. The Balaban J connectivity index is 1.61. The van der Waals surface area contributed by atoms with Gasteiger partial charge in [-0.25, -0.2) is 4.98 Å². The number of anilines is 1. The summed E-state index contributed by atoms with van der Waals surface area (Å²) in [7, 11) is 1.73. The number of pyridine rings is 1. The maximum atomic E-state index is 5.73. The first kappa shape index (κ1) is 18.5. The average Bonchev–Trinajstić information content (AvgIpc) is 3.20. The zero-order chi connectivity index (χ0) is 20.1. The van der Waals surface area contributed by atoms with Gasteiger partial charge < -0.3 is 11.1 Å². The van der Waals surface area contributed by atoms with E-state index in [-0.39, 0.29) is 0 Å². The molecule has 0 atom stereocenters. The van der Waals surface area contributed by atoms with Gasteiger partial charge in [0.25, 0.3) is 0 Å². The number of fused-ring (bicyclic) bond motifs is 1. The highest BCUT2D eigenvalue weighted by Gasteiger charge is 2.08. The molecule has 0 radical (unpaired) electrons. The van der Waals surface area contributed by atoms with E-state index in [2.05, 4.69) is 68.2 Å². The van der Waals surface area contributed by atoms with Gasteiger partial charge in [0.1, 0.15) is 5.65 Å². The first-order valence-corrected chi connectivity index (χ1v) is 9.48. The van der Waals surface area contributed by atoms with Crippen LogP contribution in [0.15, 0.2) is 90.3 Å². The Morgan fingerprint density at radius 1 is 1.10 bits per heavy atom. The van der Waals surface area contributed by atoms with Crippen LogP contribution in [0.4, 0.5) is 5.69 Å². The summed E-state index contributed by atoms with van der Waals surface area (Å²) in [5.41, 5.74) is 12.9. The van der Waals surface area contributed by atoms with Crippen molar-refractivity contribution < 1.29 is 0 Å². The SMILES string of the molecule is CN=CC(=CN)c1ccn2c(-c3cccc(NCc4ccccc4)c3)cnc2c1. The molecule has 5 nitrogen and oxygen atoms in total. The number of nitrogens with two attached hydrogens (primary N) is 1. The zero-order valence-corrected chi connectivity index (χ0v) is 16.3. The molecule has 0 unspecified atom stereocenters. The lowest BCUT2D eigenvalue weighted by Gasteiger charge is -2.09. The predicted octanol–water partition coefficient (Wildman–Crippen LogP) is 4.61. The molecule has 0 bridgehead atoms. The van der Waals surface area contributed by atoms with Crippen molar-refractivity contribution in [2.75, 3.05) is 12.4 Å². The third-order valence-electron chi connectivity index (χ3n) is 4.79. The molecular formula is C24H23N5. The van der Waals surface area contributed by atoms with Crippen LogP contribution in [0.1, 0.15) is 11.1 Å². The van der Waals surface area contributed by atoms with E-state index in [9.17, 15) is 0 Å². The molecule has 4 rings (SSSR count). The minimum absolute atomic E-state index is 0.786. The van der Waals surface area contributed by atoms with Crippen molar-refractivity contribution in [2.45, 2.75) is 6.54 Å².